The van der Waals surface area contributed by atoms with Gasteiger partial charge in [0.05, 0.1) is 16.4 Å². The average molecular weight is 284 g/mol. The van der Waals surface area contributed by atoms with Gasteiger partial charge in [0, 0.05) is 0 Å². The van der Waals surface area contributed by atoms with Crippen molar-refractivity contribution in [2.24, 2.45) is 0 Å². The molecule has 0 fully saturated rings. The SMILES string of the molecule is O=C(Cl)N(c1ccccc1)c1cccc(Cl)c1F. The highest BCUT2D eigenvalue weighted by Crippen LogP contribution is 2.32. The summed E-state index contributed by atoms with van der Waals surface area (Å²) in [5.74, 6) is -0.683. The summed E-state index contributed by atoms with van der Waals surface area (Å²) in [7, 11) is 0. The maximum absolute atomic E-state index is 13.9. The van der Waals surface area contributed by atoms with Crippen LogP contribution in [0, 0.1) is 5.82 Å². The third-order valence-electron chi connectivity index (χ3n) is 2.36. The fourth-order valence-corrected chi connectivity index (χ4v) is 1.94. The summed E-state index contributed by atoms with van der Waals surface area (Å²) in [6.45, 7) is 0. The van der Waals surface area contributed by atoms with Gasteiger partial charge in [0.2, 0.25) is 0 Å². The average Bonchev–Trinajstić information content (AvgIpc) is 2.36. The van der Waals surface area contributed by atoms with Gasteiger partial charge >= 0.3 is 5.37 Å². The summed E-state index contributed by atoms with van der Waals surface area (Å²) in [5.41, 5.74) is 0.493. The number of carbonyl (C=O) groups is 1. The van der Waals surface area contributed by atoms with Crippen LogP contribution in [-0.2, 0) is 0 Å². The molecule has 0 unspecified atom stereocenters. The zero-order valence-corrected chi connectivity index (χ0v) is 10.6. The van der Waals surface area contributed by atoms with Crippen molar-refractivity contribution in [3.05, 3.63) is 59.4 Å². The van der Waals surface area contributed by atoms with Crippen LogP contribution in [0.1, 0.15) is 0 Å². The van der Waals surface area contributed by atoms with Gasteiger partial charge in [0.15, 0.2) is 5.82 Å². The van der Waals surface area contributed by atoms with Crippen LogP contribution >= 0.6 is 23.2 Å². The minimum atomic E-state index is -0.803. The molecule has 1 amide bonds. The highest BCUT2D eigenvalue weighted by Gasteiger charge is 2.20. The van der Waals surface area contributed by atoms with Crippen LogP contribution < -0.4 is 4.90 Å². The van der Waals surface area contributed by atoms with Gasteiger partial charge in [-0.2, -0.15) is 0 Å². The van der Waals surface area contributed by atoms with Gasteiger partial charge in [-0.25, -0.2) is 4.39 Å². The van der Waals surface area contributed by atoms with E-state index < -0.39 is 11.2 Å². The predicted octanol–water partition coefficient (Wildman–Crippen LogP) is 4.98. The second-order valence-corrected chi connectivity index (χ2v) is 4.23. The molecule has 2 nitrogen and oxygen atoms in total. The van der Waals surface area contributed by atoms with Crippen molar-refractivity contribution in [2.45, 2.75) is 0 Å². The molecule has 0 radical (unpaired) electrons. The number of halogens is 3. The maximum Gasteiger partial charge on any atom is 0.325 e. The van der Waals surface area contributed by atoms with Crippen molar-refractivity contribution in [2.75, 3.05) is 4.90 Å². The molecule has 0 heterocycles. The van der Waals surface area contributed by atoms with E-state index in [2.05, 4.69) is 0 Å². The van der Waals surface area contributed by atoms with Crippen LogP contribution in [0.25, 0.3) is 0 Å². The number of carbonyl (C=O) groups excluding carboxylic acids is 1. The minimum absolute atomic E-state index is 0.0219. The highest BCUT2D eigenvalue weighted by atomic mass is 35.5. The van der Waals surface area contributed by atoms with Gasteiger partial charge < -0.3 is 0 Å². The lowest BCUT2D eigenvalue weighted by Gasteiger charge is -2.20. The first kappa shape index (κ1) is 12.9. The van der Waals surface area contributed by atoms with Crippen LogP contribution in [0.15, 0.2) is 48.5 Å². The molecule has 0 aliphatic rings. The van der Waals surface area contributed by atoms with Crippen molar-refractivity contribution in [3.8, 4) is 0 Å². The van der Waals surface area contributed by atoms with E-state index in [0.29, 0.717) is 5.69 Å². The van der Waals surface area contributed by atoms with Crippen LogP contribution in [-0.4, -0.2) is 5.37 Å². The monoisotopic (exact) mass is 283 g/mol. The number of benzene rings is 2. The topological polar surface area (TPSA) is 20.3 Å². The Bertz CT molecular complexity index is 574. The van der Waals surface area contributed by atoms with Crippen molar-refractivity contribution < 1.29 is 9.18 Å². The summed E-state index contributed by atoms with van der Waals surface area (Å²) < 4.78 is 13.9. The Morgan fingerprint density at radius 2 is 1.72 bits per heavy atom. The lowest BCUT2D eigenvalue weighted by atomic mass is 10.2. The number of nitrogens with zero attached hydrogens (tertiary/aromatic N) is 1. The predicted molar refractivity (Wildman–Crippen MR) is 71.2 cm³/mol. The Hall–Kier alpha value is -1.58. The van der Waals surface area contributed by atoms with E-state index in [1.165, 1.54) is 12.1 Å². The van der Waals surface area contributed by atoms with E-state index in [0.717, 1.165) is 4.90 Å². The van der Waals surface area contributed by atoms with Gasteiger partial charge in [0.25, 0.3) is 0 Å². The van der Waals surface area contributed by atoms with Crippen molar-refractivity contribution in [1.29, 1.82) is 0 Å². The normalized spacial score (nSPS) is 10.2. The minimum Gasteiger partial charge on any atom is -0.265 e. The molecule has 0 bridgehead atoms. The summed E-state index contributed by atoms with van der Waals surface area (Å²) in [5, 5.41) is -0.867. The fraction of sp³-hybridized carbons (Fsp3) is 0. The van der Waals surface area contributed by atoms with Crippen molar-refractivity contribution in [3.63, 3.8) is 0 Å². The molecule has 18 heavy (non-hydrogen) atoms. The van der Waals surface area contributed by atoms with E-state index in [1.807, 2.05) is 0 Å². The number of hydrogen-bond donors (Lipinski definition) is 0. The molecule has 0 N–H and O–H groups in total. The van der Waals surface area contributed by atoms with E-state index in [1.54, 1.807) is 36.4 Å². The highest BCUT2D eigenvalue weighted by molar-refractivity contribution is 6.67. The van der Waals surface area contributed by atoms with Gasteiger partial charge in [-0.05, 0) is 35.9 Å². The Morgan fingerprint density at radius 3 is 2.33 bits per heavy atom. The van der Waals surface area contributed by atoms with E-state index in [-0.39, 0.29) is 10.7 Å². The molecule has 0 aliphatic carbocycles. The van der Waals surface area contributed by atoms with Crippen LogP contribution in [0.5, 0.6) is 0 Å². The number of anilines is 2. The molecule has 2 aromatic rings. The second-order valence-electron chi connectivity index (χ2n) is 3.50. The molecule has 0 saturated heterocycles. The Morgan fingerprint density at radius 1 is 1.06 bits per heavy atom. The Kier molecular flexibility index (Phi) is 3.84. The molecule has 2 rings (SSSR count). The summed E-state index contributed by atoms with van der Waals surface area (Å²) in [6.07, 6.45) is 0. The molecule has 0 saturated carbocycles. The first-order valence-electron chi connectivity index (χ1n) is 5.10. The van der Waals surface area contributed by atoms with Gasteiger partial charge in [0.1, 0.15) is 0 Å². The van der Waals surface area contributed by atoms with Crippen LogP contribution in [0.4, 0.5) is 20.6 Å². The first-order chi connectivity index (χ1) is 8.61. The van der Waals surface area contributed by atoms with Gasteiger partial charge in [-0.1, -0.05) is 35.9 Å². The molecule has 0 aliphatic heterocycles. The molecular weight excluding hydrogens is 276 g/mol. The van der Waals surface area contributed by atoms with E-state index >= 15 is 0 Å². The number of hydrogen-bond acceptors (Lipinski definition) is 1. The van der Waals surface area contributed by atoms with Crippen molar-refractivity contribution >= 4 is 39.9 Å². The lowest BCUT2D eigenvalue weighted by Crippen LogP contribution is -2.20. The Labute approximate surface area is 114 Å². The summed E-state index contributed by atoms with van der Waals surface area (Å²) in [6, 6.07) is 12.9. The van der Waals surface area contributed by atoms with Gasteiger partial charge in [-0.15, -0.1) is 0 Å². The largest absolute Gasteiger partial charge is 0.325 e. The number of amides is 1. The Balaban J connectivity index is 2.56. The quantitative estimate of drug-likeness (QED) is 0.562. The molecule has 2 aromatic carbocycles. The molecule has 0 spiro atoms. The van der Waals surface area contributed by atoms with Crippen molar-refractivity contribution in [1.82, 2.24) is 0 Å². The van der Waals surface area contributed by atoms with E-state index in [9.17, 15) is 9.18 Å². The van der Waals surface area contributed by atoms with Gasteiger partial charge in [-0.3, -0.25) is 9.69 Å². The molecular formula is C13H8Cl2FNO. The fourth-order valence-electron chi connectivity index (χ4n) is 1.58. The summed E-state index contributed by atoms with van der Waals surface area (Å²) in [4.78, 5) is 12.5. The molecule has 5 heteroatoms. The number of rotatable bonds is 2. The smallest absolute Gasteiger partial charge is 0.265 e. The first-order valence-corrected chi connectivity index (χ1v) is 5.85. The standard InChI is InChI=1S/C13H8Cl2FNO/c14-10-7-4-8-11(12(10)16)17(13(15)18)9-5-2-1-3-6-9/h1-8H. The maximum atomic E-state index is 13.9. The lowest BCUT2D eigenvalue weighted by molar-refractivity contribution is 0.266. The zero-order valence-electron chi connectivity index (χ0n) is 9.11. The molecule has 92 valence electrons. The summed E-state index contributed by atoms with van der Waals surface area (Å²) >= 11 is 11.2. The zero-order chi connectivity index (χ0) is 13.1. The molecule has 0 aromatic heterocycles. The third kappa shape index (κ3) is 2.47. The van der Waals surface area contributed by atoms with Crippen LogP contribution in [0.3, 0.4) is 0 Å². The number of para-hydroxylation sites is 1. The van der Waals surface area contributed by atoms with Crippen LogP contribution in [0.2, 0.25) is 5.02 Å². The van der Waals surface area contributed by atoms with E-state index in [4.69, 9.17) is 23.2 Å². The second kappa shape index (κ2) is 5.38. The third-order valence-corrected chi connectivity index (χ3v) is 2.82. The molecule has 0 atom stereocenters.